The van der Waals surface area contributed by atoms with E-state index in [9.17, 15) is 13.2 Å². The Hall–Kier alpha value is -1.96. The number of carbonyl (C=O) groups excluding carboxylic acids is 1. The van der Waals surface area contributed by atoms with Gasteiger partial charge in [-0.3, -0.25) is 9.52 Å². The molecule has 2 N–H and O–H groups in total. The number of methoxy groups -OCH3 is 1. The van der Waals surface area contributed by atoms with E-state index in [1.54, 1.807) is 18.2 Å². The van der Waals surface area contributed by atoms with Gasteiger partial charge < -0.3 is 15.0 Å². The van der Waals surface area contributed by atoms with Crippen LogP contribution < -0.4 is 14.8 Å². The summed E-state index contributed by atoms with van der Waals surface area (Å²) < 4.78 is 30.6. The van der Waals surface area contributed by atoms with Gasteiger partial charge in [-0.2, -0.15) is 0 Å². The van der Waals surface area contributed by atoms with Gasteiger partial charge in [-0.15, -0.1) is 0 Å². The van der Waals surface area contributed by atoms with Gasteiger partial charge in [-0.1, -0.05) is 6.92 Å². The molecule has 1 aromatic carbocycles. The zero-order valence-electron chi connectivity index (χ0n) is 15.2. The number of benzene rings is 1. The first kappa shape index (κ1) is 19.4. The summed E-state index contributed by atoms with van der Waals surface area (Å²) in [7, 11) is -1.96. The molecule has 1 atom stereocenters. The van der Waals surface area contributed by atoms with Crippen LogP contribution in [0.5, 0.6) is 5.75 Å². The predicted octanol–water partition coefficient (Wildman–Crippen LogP) is 2.13. The number of rotatable bonds is 6. The van der Waals surface area contributed by atoms with E-state index in [4.69, 9.17) is 4.74 Å². The third-order valence-electron chi connectivity index (χ3n) is 4.34. The minimum Gasteiger partial charge on any atom is -0.495 e. The third-order valence-corrected chi connectivity index (χ3v) is 4.93. The van der Waals surface area contributed by atoms with E-state index >= 15 is 0 Å². The number of piperidine rings is 1. The molecule has 1 aliphatic heterocycles. The van der Waals surface area contributed by atoms with Crippen LogP contribution in [-0.4, -0.2) is 51.7 Å². The molecule has 0 aromatic heterocycles. The quantitative estimate of drug-likeness (QED) is 0.802. The molecule has 1 heterocycles. The molecule has 1 amide bonds. The molecule has 0 saturated carbocycles. The highest BCUT2D eigenvalue weighted by molar-refractivity contribution is 7.92. The normalized spacial score (nSPS) is 17.0. The van der Waals surface area contributed by atoms with Crippen molar-refractivity contribution in [1.29, 1.82) is 0 Å². The van der Waals surface area contributed by atoms with Gasteiger partial charge in [0.15, 0.2) is 0 Å². The lowest BCUT2D eigenvalue weighted by atomic mass is 9.99. The smallest absolute Gasteiger partial charge is 0.244 e. The molecular weight excluding hydrogens is 342 g/mol. The van der Waals surface area contributed by atoms with Gasteiger partial charge in [0, 0.05) is 18.8 Å². The fraction of sp³-hybridized carbons (Fsp3) is 0.588. The second-order valence-corrected chi connectivity index (χ2v) is 8.41. The van der Waals surface area contributed by atoms with Crippen LogP contribution in [0.25, 0.3) is 0 Å². The summed E-state index contributed by atoms with van der Waals surface area (Å²) in [4.78, 5) is 14.5. The van der Waals surface area contributed by atoms with Crippen molar-refractivity contribution in [3.63, 3.8) is 0 Å². The molecule has 8 heteroatoms. The first-order valence-electron chi connectivity index (χ1n) is 8.40. The molecule has 1 fully saturated rings. The Morgan fingerprint density at radius 2 is 1.96 bits per heavy atom. The molecule has 1 aliphatic rings. The van der Waals surface area contributed by atoms with Gasteiger partial charge in [0.2, 0.25) is 15.9 Å². The topological polar surface area (TPSA) is 87.7 Å². The van der Waals surface area contributed by atoms with Crippen molar-refractivity contribution in [3.05, 3.63) is 18.2 Å². The van der Waals surface area contributed by atoms with Crippen LogP contribution in [0.15, 0.2) is 18.2 Å². The molecule has 7 nitrogen and oxygen atoms in total. The Morgan fingerprint density at radius 3 is 2.52 bits per heavy atom. The van der Waals surface area contributed by atoms with Crippen LogP contribution in [0.3, 0.4) is 0 Å². The Morgan fingerprint density at radius 1 is 1.32 bits per heavy atom. The van der Waals surface area contributed by atoms with Crippen LogP contribution in [0.1, 0.15) is 26.7 Å². The fourth-order valence-corrected chi connectivity index (χ4v) is 3.45. The highest BCUT2D eigenvalue weighted by atomic mass is 32.2. The van der Waals surface area contributed by atoms with Crippen LogP contribution >= 0.6 is 0 Å². The Bertz CT molecular complexity index is 713. The summed E-state index contributed by atoms with van der Waals surface area (Å²) in [6, 6.07) is 4.65. The maximum absolute atomic E-state index is 12.6. The number of hydrogen-bond acceptors (Lipinski definition) is 5. The fourth-order valence-electron chi connectivity index (χ4n) is 2.89. The molecule has 0 spiro atoms. The van der Waals surface area contributed by atoms with Crippen LogP contribution in [0, 0.1) is 5.92 Å². The van der Waals surface area contributed by atoms with E-state index in [2.05, 4.69) is 17.0 Å². The maximum atomic E-state index is 12.6. The van der Waals surface area contributed by atoms with E-state index in [0.29, 0.717) is 23.0 Å². The second kappa shape index (κ2) is 7.95. The lowest BCUT2D eigenvalue weighted by Gasteiger charge is -2.32. The summed E-state index contributed by atoms with van der Waals surface area (Å²) >= 11 is 0. The third kappa shape index (κ3) is 5.52. The van der Waals surface area contributed by atoms with E-state index < -0.39 is 16.1 Å². The van der Waals surface area contributed by atoms with Gasteiger partial charge >= 0.3 is 0 Å². The second-order valence-electron chi connectivity index (χ2n) is 6.66. The molecule has 0 aliphatic carbocycles. The number of amides is 1. The minimum atomic E-state index is -3.43. The summed E-state index contributed by atoms with van der Waals surface area (Å²) in [5.74, 6) is 1.14. The largest absolute Gasteiger partial charge is 0.495 e. The zero-order valence-corrected chi connectivity index (χ0v) is 16.0. The van der Waals surface area contributed by atoms with Crippen LogP contribution in [0.4, 0.5) is 11.4 Å². The van der Waals surface area contributed by atoms with E-state index in [1.807, 2.05) is 11.8 Å². The minimum absolute atomic E-state index is 0.0559. The van der Waals surface area contributed by atoms with Gasteiger partial charge in [0.25, 0.3) is 0 Å². The van der Waals surface area contributed by atoms with Gasteiger partial charge in [-0.05, 0) is 43.9 Å². The van der Waals surface area contributed by atoms with Crippen molar-refractivity contribution in [3.8, 4) is 5.75 Å². The number of likely N-dealkylation sites (tertiary alicyclic amines) is 1. The molecule has 2 rings (SSSR count). The van der Waals surface area contributed by atoms with Crippen LogP contribution in [0.2, 0.25) is 0 Å². The Kier molecular flexibility index (Phi) is 6.16. The Balaban J connectivity index is 2.08. The lowest BCUT2D eigenvalue weighted by Crippen LogP contribution is -2.45. The van der Waals surface area contributed by atoms with E-state index in [1.165, 1.54) is 7.11 Å². The first-order valence-corrected chi connectivity index (χ1v) is 10.3. The molecule has 0 unspecified atom stereocenters. The molecule has 0 bridgehead atoms. The first-order chi connectivity index (χ1) is 11.7. The van der Waals surface area contributed by atoms with Crippen molar-refractivity contribution in [2.45, 2.75) is 32.7 Å². The number of carbonyl (C=O) groups is 1. The lowest BCUT2D eigenvalue weighted by molar-refractivity contribution is -0.132. The van der Waals surface area contributed by atoms with E-state index in [0.717, 1.165) is 32.2 Å². The zero-order chi connectivity index (χ0) is 18.6. The standard InChI is InChI=1S/C17H27N3O4S/c1-12-7-9-20(10-8-12)17(21)13(2)18-14-5-6-16(24-3)15(11-14)19-25(4,22)23/h5-6,11-13,18-19H,7-10H2,1-4H3/t13-/m0/s1. The molecule has 1 saturated heterocycles. The number of nitrogens with one attached hydrogen (secondary N) is 2. The molecule has 25 heavy (non-hydrogen) atoms. The average Bonchev–Trinajstić information content (AvgIpc) is 2.53. The predicted molar refractivity (Wildman–Crippen MR) is 99.5 cm³/mol. The number of hydrogen-bond donors (Lipinski definition) is 2. The highest BCUT2D eigenvalue weighted by Gasteiger charge is 2.24. The van der Waals surface area contributed by atoms with Crippen molar-refractivity contribution >= 4 is 27.3 Å². The highest BCUT2D eigenvalue weighted by Crippen LogP contribution is 2.29. The average molecular weight is 369 g/mol. The molecular formula is C17H27N3O4S. The number of nitrogens with zero attached hydrogens (tertiary/aromatic N) is 1. The van der Waals surface area contributed by atoms with Crippen LogP contribution in [-0.2, 0) is 14.8 Å². The number of anilines is 2. The molecule has 140 valence electrons. The van der Waals surface area contributed by atoms with Crippen molar-refractivity contribution < 1.29 is 17.9 Å². The van der Waals surface area contributed by atoms with Crippen molar-refractivity contribution in [2.75, 3.05) is 36.5 Å². The van der Waals surface area contributed by atoms with Gasteiger partial charge in [-0.25, -0.2) is 8.42 Å². The number of ether oxygens (including phenoxy) is 1. The summed E-state index contributed by atoms with van der Waals surface area (Å²) in [6.45, 7) is 5.59. The monoisotopic (exact) mass is 369 g/mol. The summed E-state index contributed by atoms with van der Waals surface area (Å²) in [5.41, 5.74) is 0.986. The molecule has 0 radical (unpaired) electrons. The summed E-state index contributed by atoms with van der Waals surface area (Å²) in [6.07, 6.45) is 3.14. The van der Waals surface area contributed by atoms with Crippen molar-refractivity contribution in [1.82, 2.24) is 4.90 Å². The Labute approximate surface area is 149 Å². The van der Waals surface area contributed by atoms with E-state index in [-0.39, 0.29) is 5.91 Å². The summed E-state index contributed by atoms with van der Waals surface area (Å²) in [5, 5.41) is 3.15. The van der Waals surface area contributed by atoms with Gasteiger partial charge in [0.1, 0.15) is 11.8 Å². The maximum Gasteiger partial charge on any atom is 0.244 e. The number of sulfonamides is 1. The molecule has 1 aromatic rings. The van der Waals surface area contributed by atoms with Gasteiger partial charge in [0.05, 0.1) is 19.1 Å². The SMILES string of the molecule is COc1ccc(N[C@@H](C)C(=O)N2CCC(C)CC2)cc1NS(C)(=O)=O. The van der Waals surface area contributed by atoms with Crippen molar-refractivity contribution in [2.24, 2.45) is 5.92 Å².